The monoisotopic (exact) mass is 367 g/mol. The average molecular weight is 365 g/mol. The summed E-state index contributed by atoms with van der Waals surface area (Å²) in [6.45, 7) is 6.18. The molecule has 0 spiro atoms. The van der Waals surface area contributed by atoms with E-state index in [1.54, 1.807) is 0 Å². The molecule has 0 aliphatic heterocycles. The van der Waals surface area contributed by atoms with E-state index in [9.17, 15) is 0 Å². The summed E-state index contributed by atoms with van der Waals surface area (Å²) >= 11 is 0.700. The Kier molecular flexibility index (Phi) is 27.9. The van der Waals surface area contributed by atoms with E-state index in [4.69, 9.17) is 3.40 Å². The molecule has 0 aromatic carbocycles. The molecule has 2 heteroatoms. The molecule has 0 fully saturated rings. The molecule has 0 bridgehead atoms. The molecule has 0 atom stereocenters. The zero-order chi connectivity index (χ0) is 15.3. The second kappa shape index (κ2) is 24.5. The summed E-state index contributed by atoms with van der Waals surface area (Å²) in [4.78, 5) is 0. The molecule has 0 aromatic rings. The van der Waals surface area contributed by atoms with Crippen molar-refractivity contribution >= 4 is 0 Å². The summed E-state index contributed by atoms with van der Waals surface area (Å²) in [6.07, 6.45) is 22.8. The van der Waals surface area contributed by atoms with Crippen LogP contribution in [0.4, 0.5) is 0 Å². The third-order valence-electron chi connectivity index (χ3n) is 3.85. The van der Waals surface area contributed by atoms with Gasteiger partial charge in [0.15, 0.2) is 0 Å². The first-order valence-corrected chi connectivity index (χ1v) is 9.69. The molecule has 0 radical (unpaired) electrons. The Bertz CT molecular complexity index is 134. The maximum atomic E-state index is 8.26. The molecule has 0 amide bonds. The Hall–Kier alpha value is 0.488. The Morgan fingerprint density at radius 3 is 1.05 bits per heavy atom. The molecular formula is C18H37MoO-. The third-order valence-corrected chi connectivity index (χ3v) is 3.85. The van der Waals surface area contributed by atoms with Crippen LogP contribution in [0.3, 0.4) is 0 Å². The minimum absolute atomic E-state index is 0.700. The summed E-state index contributed by atoms with van der Waals surface area (Å²) in [5.41, 5.74) is 0. The van der Waals surface area contributed by atoms with Crippen molar-refractivity contribution in [2.75, 3.05) is 0 Å². The van der Waals surface area contributed by atoms with Crippen LogP contribution < -0.4 is 0 Å². The first kappa shape index (κ1) is 22.8. The van der Waals surface area contributed by atoms with Crippen molar-refractivity contribution in [3.05, 3.63) is 6.92 Å². The van der Waals surface area contributed by atoms with E-state index in [0.29, 0.717) is 19.8 Å². The summed E-state index contributed by atoms with van der Waals surface area (Å²) in [5.74, 6) is 0. The zero-order valence-corrected chi connectivity index (χ0v) is 15.8. The van der Waals surface area contributed by atoms with E-state index in [-0.39, 0.29) is 0 Å². The van der Waals surface area contributed by atoms with E-state index in [2.05, 4.69) is 13.8 Å². The molecule has 0 N–H and O–H groups in total. The number of hydrogen-bond acceptors (Lipinski definition) is 1. The fraction of sp³-hybridized carbons (Fsp3) is 0.944. The van der Waals surface area contributed by atoms with Crippen LogP contribution in [-0.2, 0) is 23.2 Å². The summed E-state index contributed by atoms with van der Waals surface area (Å²) in [7, 11) is 0. The molecular weight excluding hydrogens is 328 g/mol. The average Bonchev–Trinajstić information content (AvgIpc) is 2.50. The number of rotatable bonds is 15. The predicted molar refractivity (Wildman–Crippen MR) is 85.6 cm³/mol. The van der Waals surface area contributed by atoms with Gasteiger partial charge in [0.05, 0.1) is 0 Å². The maximum absolute atomic E-state index is 8.26. The van der Waals surface area contributed by atoms with Crippen molar-refractivity contribution in [3.63, 3.8) is 0 Å². The molecule has 122 valence electrons. The van der Waals surface area contributed by atoms with Crippen molar-refractivity contribution in [1.82, 2.24) is 0 Å². The van der Waals surface area contributed by atoms with E-state index in [1.807, 2.05) is 0 Å². The summed E-state index contributed by atoms with van der Waals surface area (Å²) < 4.78 is 8.26. The van der Waals surface area contributed by atoms with Gasteiger partial charge in [-0.1, -0.05) is 103 Å². The molecule has 0 unspecified atom stereocenters. The van der Waals surface area contributed by atoms with E-state index in [0.717, 1.165) is 6.42 Å². The van der Waals surface area contributed by atoms with E-state index >= 15 is 0 Å². The van der Waals surface area contributed by atoms with Gasteiger partial charge in [0.1, 0.15) is 0 Å². The SMILES string of the molecule is [CH2-]CCCCCCCCCCCCCCCCC.[O]=[Mo]. The quantitative estimate of drug-likeness (QED) is 0.174. The summed E-state index contributed by atoms with van der Waals surface area (Å²) in [5, 5.41) is 0. The van der Waals surface area contributed by atoms with Crippen LogP contribution >= 0.6 is 0 Å². The standard InChI is InChI=1S/C18H37.Mo.O/c1-3-5-7-9-11-13-15-17-18-16-14-12-10-8-6-4-2;;/h1,3-18H2,2H3;;/q-1;;. The fourth-order valence-corrected chi connectivity index (χ4v) is 2.55. The molecule has 0 saturated carbocycles. The predicted octanol–water partition coefficient (Wildman–Crippen LogP) is 6.96. The second-order valence-electron chi connectivity index (χ2n) is 5.80. The first-order chi connectivity index (χ1) is 9.91. The van der Waals surface area contributed by atoms with Gasteiger partial charge in [0.2, 0.25) is 0 Å². The van der Waals surface area contributed by atoms with Gasteiger partial charge in [-0.2, -0.15) is 6.42 Å². The van der Waals surface area contributed by atoms with Crippen LogP contribution in [0, 0.1) is 6.92 Å². The summed E-state index contributed by atoms with van der Waals surface area (Å²) in [6, 6.07) is 0. The Morgan fingerprint density at radius 2 is 0.800 bits per heavy atom. The van der Waals surface area contributed by atoms with Gasteiger partial charge in [0.25, 0.3) is 0 Å². The van der Waals surface area contributed by atoms with Gasteiger partial charge < -0.3 is 6.92 Å². The van der Waals surface area contributed by atoms with Crippen molar-refractivity contribution in [2.24, 2.45) is 0 Å². The fourth-order valence-electron chi connectivity index (χ4n) is 2.55. The van der Waals surface area contributed by atoms with Crippen molar-refractivity contribution in [2.45, 2.75) is 110 Å². The van der Waals surface area contributed by atoms with Gasteiger partial charge in [-0.15, -0.1) is 0 Å². The van der Waals surface area contributed by atoms with E-state index in [1.165, 1.54) is 96.3 Å². The Morgan fingerprint density at radius 1 is 0.550 bits per heavy atom. The van der Waals surface area contributed by atoms with Gasteiger partial charge in [-0.25, -0.2) is 0 Å². The normalized spacial score (nSPS) is 10.1. The number of hydrogen-bond donors (Lipinski definition) is 0. The van der Waals surface area contributed by atoms with Crippen molar-refractivity contribution < 1.29 is 23.2 Å². The molecule has 0 aliphatic rings. The van der Waals surface area contributed by atoms with E-state index < -0.39 is 0 Å². The third kappa shape index (κ3) is 23.6. The zero-order valence-electron chi connectivity index (χ0n) is 13.8. The van der Waals surface area contributed by atoms with Gasteiger partial charge >= 0.3 is 23.2 Å². The van der Waals surface area contributed by atoms with Crippen LogP contribution in [0.15, 0.2) is 0 Å². The molecule has 0 aromatic heterocycles. The van der Waals surface area contributed by atoms with Crippen LogP contribution in [0.25, 0.3) is 0 Å². The van der Waals surface area contributed by atoms with Crippen LogP contribution in [0.5, 0.6) is 0 Å². The molecule has 0 saturated heterocycles. The number of unbranched alkanes of at least 4 members (excludes halogenated alkanes) is 15. The Labute approximate surface area is 139 Å². The van der Waals surface area contributed by atoms with Crippen molar-refractivity contribution in [1.29, 1.82) is 0 Å². The second-order valence-corrected chi connectivity index (χ2v) is 5.80. The molecule has 0 rings (SSSR count). The van der Waals surface area contributed by atoms with Gasteiger partial charge in [0, 0.05) is 0 Å². The first-order valence-electron chi connectivity index (χ1n) is 8.87. The molecule has 1 nitrogen and oxygen atoms in total. The van der Waals surface area contributed by atoms with Crippen LogP contribution in [0.2, 0.25) is 0 Å². The van der Waals surface area contributed by atoms with Gasteiger partial charge in [-0.3, -0.25) is 0 Å². The van der Waals surface area contributed by atoms with Gasteiger partial charge in [-0.05, 0) is 0 Å². The Balaban J connectivity index is 0. The minimum atomic E-state index is 0.700. The molecule has 0 aliphatic carbocycles. The molecule has 0 heterocycles. The molecule has 20 heavy (non-hydrogen) atoms. The van der Waals surface area contributed by atoms with Crippen LogP contribution in [0.1, 0.15) is 110 Å². The van der Waals surface area contributed by atoms with Crippen molar-refractivity contribution in [3.8, 4) is 0 Å². The topological polar surface area (TPSA) is 17.1 Å². The van der Waals surface area contributed by atoms with Crippen LogP contribution in [-0.4, -0.2) is 0 Å².